The Kier molecular flexibility index (Phi) is 6.99. The van der Waals surface area contributed by atoms with E-state index in [-0.39, 0.29) is 23.6 Å². The van der Waals surface area contributed by atoms with Crippen molar-refractivity contribution in [1.82, 2.24) is 0 Å². The summed E-state index contributed by atoms with van der Waals surface area (Å²) in [6.45, 7) is 3.15. The third kappa shape index (κ3) is 4.95. The summed E-state index contributed by atoms with van der Waals surface area (Å²) in [6.07, 6.45) is 0. The first-order valence-electron chi connectivity index (χ1n) is 7.07. The Bertz CT molecular complexity index is 615. The van der Waals surface area contributed by atoms with Gasteiger partial charge in [-0.1, -0.05) is 30.3 Å². The third-order valence-electron chi connectivity index (χ3n) is 3.25. The standard InChI is InChI=1S/C17H21NO5/c1-11(16(20)22-3)15(14(12(2)19)17(21)23-4)18-10-13-8-6-5-7-9-13/h5-9,11,19H,10H2,1-4H3. The van der Waals surface area contributed by atoms with Crippen molar-refractivity contribution in [3.05, 3.63) is 47.2 Å². The van der Waals surface area contributed by atoms with Crippen LogP contribution in [0.1, 0.15) is 19.4 Å². The average molecular weight is 319 g/mol. The number of aliphatic hydroxyl groups is 1. The fourth-order valence-electron chi connectivity index (χ4n) is 2.02. The Morgan fingerprint density at radius 2 is 1.78 bits per heavy atom. The van der Waals surface area contributed by atoms with E-state index in [1.54, 1.807) is 6.92 Å². The summed E-state index contributed by atoms with van der Waals surface area (Å²) in [5.74, 6) is -2.40. The molecule has 6 nitrogen and oxygen atoms in total. The van der Waals surface area contributed by atoms with Crippen molar-refractivity contribution in [2.24, 2.45) is 10.9 Å². The maximum absolute atomic E-state index is 11.9. The van der Waals surface area contributed by atoms with Gasteiger partial charge in [-0.2, -0.15) is 0 Å². The smallest absolute Gasteiger partial charge is 0.343 e. The number of rotatable bonds is 6. The van der Waals surface area contributed by atoms with Gasteiger partial charge in [-0.3, -0.25) is 9.79 Å². The zero-order chi connectivity index (χ0) is 17.4. The van der Waals surface area contributed by atoms with Gasteiger partial charge in [-0.05, 0) is 19.4 Å². The molecule has 0 radical (unpaired) electrons. The first-order chi connectivity index (χ1) is 10.9. The number of methoxy groups -OCH3 is 2. The number of ether oxygens (including phenoxy) is 2. The molecule has 124 valence electrons. The van der Waals surface area contributed by atoms with Crippen LogP contribution in [0, 0.1) is 5.92 Å². The maximum atomic E-state index is 11.9. The summed E-state index contributed by atoms with van der Waals surface area (Å²) in [4.78, 5) is 28.1. The zero-order valence-corrected chi connectivity index (χ0v) is 13.7. The van der Waals surface area contributed by atoms with Crippen molar-refractivity contribution < 1.29 is 24.2 Å². The molecule has 1 rings (SSSR count). The highest BCUT2D eigenvalue weighted by Gasteiger charge is 2.29. The molecule has 0 amide bonds. The molecule has 1 unspecified atom stereocenters. The number of carbonyl (C=O) groups is 2. The predicted molar refractivity (Wildman–Crippen MR) is 86.1 cm³/mol. The highest BCUT2D eigenvalue weighted by molar-refractivity contribution is 6.25. The second kappa shape index (κ2) is 8.73. The SMILES string of the molecule is COC(=O)C(C(=NCc1ccccc1)C(C)C(=O)OC)=C(C)O. The van der Waals surface area contributed by atoms with E-state index < -0.39 is 17.9 Å². The average Bonchev–Trinajstić information content (AvgIpc) is 2.57. The normalized spacial score (nSPS) is 13.8. The number of aliphatic hydroxyl groups excluding tert-OH is 1. The molecule has 0 aromatic heterocycles. The van der Waals surface area contributed by atoms with Gasteiger partial charge in [-0.25, -0.2) is 4.79 Å². The van der Waals surface area contributed by atoms with Crippen molar-refractivity contribution in [3.8, 4) is 0 Å². The van der Waals surface area contributed by atoms with E-state index in [2.05, 4.69) is 9.73 Å². The van der Waals surface area contributed by atoms with Gasteiger partial charge in [0.1, 0.15) is 11.3 Å². The number of nitrogens with zero attached hydrogens (tertiary/aromatic N) is 1. The predicted octanol–water partition coefficient (Wildman–Crippen LogP) is 2.44. The van der Waals surface area contributed by atoms with Crippen molar-refractivity contribution >= 4 is 17.7 Å². The van der Waals surface area contributed by atoms with Crippen molar-refractivity contribution in [2.45, 2.75) is 20.4 Å². The minimum Gasteiger partial charge on any atom is -0.512 e. The van der Waals surface area contributed by atoms with Crippen LogP contribution in [-0.4, -0.2) is 37.0 Å². The molecule has 0 saturated heterocycles. The van der Waals surface area contributed by atoms with Gasteiger partial charge >= 0.3 is 11.9 Å². The van der Waals surface area contributed by atoms with Crippen LogP contribution in [0.5, 0.6) is 0 Å². The third-order valence-corrected chi connectivity index (χ3v) is 3.25. The van der Waals surface area contributed by atoms with Gasteiger partial charge in [-0.15, -0.1) is 0 Å². The summed E-state index contributed by atoms with van der Waals surface area (Å²) in [6, 6.07) is 9.35. The first-order valence-corrected chi connectivity index (χ1v) is 7.07. The van der Waals surface area contributed by atoms with E-state index in [1.807, 2.05) is 30.3 Å². The fourth-order valence-corrected chi connectivity index (χ4v) is 2.02. The van der Waals surface area contributed by atoms with Crippen LogP contribution >= 0.6 is 0 Å². The summed E-state index contributed by atoms with van der Waals surface area (Å²) >= 11 is 0. The number of benzene rings is 1. The van der Waals surface area contributed by atoms with E-state index in [1.165, 1.54) is 21.1 Å². The fraction of sp³-hybridized carbons (Fsp3) is 0.353. The molecule has 0 heterocycles. The minimum absolute atomic E-state index is 0.124. The summed E-state index contributed by atoms with van der Waals surface area (Å²) in [7, 11) is 2.45. The molecule has 1 aromatic carbocycles. The Morgan fingerprint density at radius 3 is 2.26 bits per heavy atom. The minimum atomic E-state index is -0.820. The molecule has 0 aliphatic carbocycles. The van der Waals surface area contributed by atoms with Gasteiger partial charge < -0.3 is 14.6 Å². The Morgan fingerprint density at radius 1 is 1.17 bits per heavy atom. The van der Waals surface area contributed by atoms with Gasteiger partial charge in [0.05, 0.1) is 32.4 Å². The highest BCUT2D eigenvalue weighted by Crippen LogP contribution is 2.17. The maximum Gasteiger partial charge on any atom is 0.343 e. The van der Waals surface area contributed by atoms with Crippen LogP contribution in [0.25, 0.3) is 0 Å². The number of hydrogen-bond acceptors (Lipinski definition) is 6. The lowest BCUT2D eigenvalue weighted by Crippen LogP contribution is -2.29. The molecule has 0 spiro atoms. The zero-order valence-electron chi connectivity index (χ0n) is 13.7. The summed E-state index contributed by atoms with van der Waals surface area (Å²) < 4.78 is 9.39. The molecular formula is C17H21NO5. The van der Waals surface area contributed by atoms with Gasteiger partial charge in [0.15, 0.2) is 0 Å². The van der Waals surface area contributed by atoms with Crippen molar-refractivity contribution in [3.63, 3.8) is 0 Å². The lowest BCUT2D eigenvalue weighted by Gasteiger charge is -2.15. The summed E-state index contributed by atoms with van der Waals surface area (Å²) in [5, 5.41) is 9.83. The van der Waals surface area contributed by atoms with E-state index in [0.29, 0.717) is 0 Å². The molecule has 1 aromatic rings. The van der Waals surface area contributed by atoms with Crippen LogP contribution in [-0.2, 0) is 25.6 Å². The number of aliphatic imine (C=N–C) groups is 1. The molecule has 6 heteroatoms. The van der Waals surface area contributed by atoms with Crippen LogP contribution < -0.4 is 0 Å². The number of hydrogen-bond donors (Lipinski definition) is 1. The number of esters is 2. The molecule has 0 aliphatic heterocycles. The Hall–Kier alpha value is -2.63. The monoisotopic (exact) mass is 319 g/mol. The van der Waals surface area contributed by atoms with Crippen molar-refractivity contribution in [2.75, 3.05) is 14.2 Å². The van der Waals surface area contributed by atoms with Gasteiger partial charge in [0.2, 0.25) is 0 Å². The summed E-state index contributed by atoms with van der Waals surface area (Å²) in [5.41, 5.74) is 0.913. The van der Waals surface area contributed by atoms with Gasteiger partial charge in [0.25, 0.3) is 0 Å². The molecular weight excluding hydrogens is 298 g/mol. The van der Waals surface area contributed by atoms with E-state index in [0.717, 1.165) is 5.56 Å². The second-order valence-electron chi connectivity index (χ2n) is 4.88. The molecule has 1 atom stereocenters. The van der Waals surface area contributed by atoms with E-state index >= 15 is 0 Å². The van der Waals surface area contributed by atoms with E-state index in [9.17, 15) is 14.7 Å². The molecule has 23 heavy (non-hydrogen) atoms. The van der Waals surface area contributed by atoms with Crippen molar-refractivity contribution in [1.29, 1.82) is 0 Å². The lowest BCUT2D eigenvalue weighted by atomic mass is 9.97. The largest absolute Gasteiger partial charge is 0.512 e. The van der Waals surface area contributed by atoms with Crippen LogP contribution in [0.2, 0.25) is 0 Å². The first kappa shape index (κ1) is 18.4. The van der Waals surface area contributed by atoms with Crippen LogP contribution in [0.15, 0.2) is 46.7 Å². The van der Waals surface area contributed by atoms with Crippen LogP contribution in [0.3, 0.4) is 0 Å². The Labute approximate surface area is 135 Å². The molecule has 1 N–H and O–H groups in total. The van der Waals surface area contributed by atoms with Crippen LogP contribution in [0.4, 0.5) is 0 Å². The quantitative estimate of drug-likeness (QED) is 0.377. The molecule has 0 bridgehead atoms. The molecule has 0 saturated carbocycles. The van der Waals surface area contributed by atoms with Gasteiger partial charge in [0, 0.05) is 0 Å². The molecule has 0 aliphatic rings. The molecule has 0 fully saturated rings. The highest BCUT2D eigenvalue weighted by atomic mass is 16.5. The second-order valence-corrected chi connectivity index (χ2v) is 4.88. The lowest BCUT2D eigenvalue weighted by molar-refractivity contribution is -0.142. The van der Waals surface area contributed by atoms with E-state index in [4.69, 9.17) is 4.74 Å². The number of carbonyl (C=O) groups excluding carboxylic acids is 2. The Balaban J connectivity index is 3.28. The topological polar surface area (TPSA) is 85.2 Å². The number of allylic oxidation sites excluding steroid dienone is 1.